The highest BCUT2D eigenvalue weighted by Gasteiger charge is 2.21. The monoisotopic (exact) mass is 328 g/mol. The Kier molecular flexibility index (Phi) is 4.85. The summed E-state index contributed by atoms with van der Waals surface area (Å²) in [5.74, 6) is 1.01. The minimum Gasteiger partial charge on any atom is -0.481 e. The Hall–Kier alpha value is -2.34. The number of rotatable bonds is 6. The van der Waals surface area contributed by atoms with E-state index in [1.54, 1.807) is 11.8 Å². The molecule has 1 N–H and O–H groups in total. The summed E-state index contributed by atoms with van der Waals surface area (Å²) in [4.78, 5) is 13.8. The number of hydrogen-bond donors (Lipinski definition) is 1. The number of hydrogen-bond acceptors (Lipinski definition) is 4. The lowest BCUT2D eigenvalue weighted by molar-refractivity contribution is -0.117. The van der Waals surface area contributed by atoms with Crippen LogP contribution in [0.4, 0.5) is 5.69 Å². The van der Waals surface area contributed by atoms with E-state index in [1.165, 1.54) is 0 Å². The van der Waals surface area contributed by atoms with Crippen LogP contribution in [0.2, 0.25) is 0 Å². The molecule has 0 bridgehead atoms. The fourth-order valence-corrected chi connectivity index (χ4v) is 3.23. The zero-order chi connectivity index (χ0) is 17.1. The van der Waals surface area contributed by atoms with Crippen molar-refractivity contribution in [3.8, 4) is 5.88 Å². The van der Waals surface area contributed by atoms with Gasteiger partial charge in [0.15, 0.2) is 0 Å². The number of carbonyl (C=O) groups excluding carboxylic acids is 1. The first kappa shape index (κ1) is 16.5. The van der Waals surface area contributed by atoms with E-state index in [2.05, 4.69) is 22.5 Å². The molecule has 1 fully saturated rings. The molecule has 3 rings (SSSR count). The van der Waals surface area contributed by atoms with Crippen molar-refractivity contribution in [2.24, 2.45) is 7.05 Å². The molecule has 0 spiro atoms. The second-order valence-electron chi connectivity index (χ2n) is 6.12. The highest BCUT2D eigenvalue weighted by molar-refractivity contribution is 5.95. The lowest BCUT2D eigenvalue weighted by Gasteiger charge is -2.16. The van der Waals surface area contributed by atoms with Gasteiger partial charge in [-0.15, -0.1) is 0 Å². The molecule has 24 heavy (non-hydrogen) atoms. The maximum absolute atomic E-state index is 11.9. The second kappa shape index (κ2) is 7.05. The Morgan fingerprint density at radius 2 is 2.17 bits per heavy atom. The Bertz CT molecular complexity index is 739. The molecule has 1 aliphatic rings. The Labute approximate surface area is 142 Å². The summed E-state index contributed by atoms with van der Waals surface area (Å²) in [6.45, 7) is 4.23. The van der Waals surface area contributed by atoms with Crippen LogP contribution in [0.5, 0.6) is 5.88 Å². The Morgan fingerprint density at radius 1 is 1.33 bits per heavy atom. The first-order valence-electron chi connectivity index (χ1n) is 8.26. The standard InChI is InChI=1S/C18H24N4O2/c1-13-16(18(24-3)21(2)20-13)12-19-11-14-6-4-7-15(10-14)22-9-5-8-17(22)23/h4,6-7,10,19H,5,8-9,11-12H2,1-3H3. The van der Waals surface area contributed by atoms with Gasteiger partial charge in [-0.3, -0.25) is 4.79 Å². The van der Waals surface area contributed by atoms with Crippen LogP contribution in [-0.2, 0) is 24.9 Å². The van der Waals surface area contributed by atoms with Crippen LogP contribution in [0.3, 0.4) is 0 Å². The fourth-order valence-electron chi connectivity index (χ4n) is 3.23. The minimum absolute atomic E-state index is 0.218. The van der Waals surface area contributed by atoms with E-state index >= 15 is 0 Å². The van der Waals surface area contributed by atoms with Gasteiger partial charge in [-0.2, -0.15) is 5.10 Å². The van der Waals surface area contributed by atoms with Crippen molar-refractivity contribution in [2.45, 2.75) is 32.9 Å². The van der Waals surface area contributed by atoms with E-state index in [-0.39, 0.29) is 5.91 Å². The summed E-state index contributed by atoms with van der Waals surface area (Å²) in [5, 5.41) is 7.83. The second-order valence-corrected chi connectivity index (χ2v) is 6.12. The number of carbonyl (C=O) groups is 1. The van der Waals surface area contributed by atoms with Crippen molar-refractivity contribution in [1.82, 2.24) is 15.1 Å². The molecule has 1 aromatic carbocycles. The van der Waals surface area contributed by atoms with Gasteiger partial charge in [0.25, 0.3) is 0 Å². The number of anilines is 1. The molecule has 1 saturated heterocycles. The first-order chi connectivity index (χ1) is 11.6. The van der Waals surface area contributed by atoms with E-state index in [0.29, 0.717) is 13.0 Å². The molecule has 0 radical (unpaired) electrons. The van der Waals surface area contributed by atoms with Crippen molar-refractivity contribution >= 4 is 11.6 Å². The van der Waals surface area contributed by atoms with E-state index in [4.69, 9.17) is 4.74 Å². The number of ether oxygens (including phenoxy) is 1. The van der Waals surface area contributed by atoms with E-state index in [9.17, 15) is 4.79 Å². The van der Waals surface area contributed by atoms with Gasteiger partial charge in [-0.25, -0.2) is 4.68 Å². The van der Waals surface area contributed by atoms with Gasteiger partial charge in [0, 0.05) is 38.8 Å². The summed E-state index contributed by atoms with van der Waals surface area (Å²) in [7, 11) is 3.54. The number of methoxy groups -OCH3 is 1. The van der Waals surface area contributed by atoms with Crippen molar-refractivity contribution < 1.29 is 9.53 Å². The molecule has 0 unspecified atom stereocenters. The molecule has 2 aromatic rings. The molecule has 2 heterocycles. The molecule has 1 aromatic heterocycles. The van der Waals surface area contributed by atoms with Crippen molar-refractivity contribution in [3.63, 3.8) is 0 Å². The van der Waals surface area contributed by atoms with Crippen LogP contribution >= 0.6 is 0 Å². The molecule has 0 saturated carbocycles. The van der Waals surface area contributed by atoms with E-state index in [0.717, 1.165) is 47.9 Å². The number of amides is 1. The topological polar surface area (TPSA) is 59.4 Å². The number of benzene rings is 1. The smallest absolute Gasteiger partial charge is 0.227 e. The maximum Gasteiger partial charge on any atom is 0.227 e. The van der Waals surface area contributed by atoms with E-state index in [1.807, 2.05) is 31.0 Å². The lowest BCUT2D eigenvalue weighted by atomic mass is 10.1. The van der Waals surface area contributed by atoms with Crippen molar-refractivity contribution in [2.75, 3.05) is 18.6 Å². The number of aromatic nitrogens is 2. The summed E-state index contributed by atoms with van der Waals surface area (Å²) in [5.41, 5.74) is 4.20. The number of aryl methyl sites for hydroxylation is 2. The summed E-state index contributed by atoms with van der Waals surface area (Å²) >= 11 is 0. The van der Waals surface area contributed by atoms with Gasteiger partial charge in [0.05, 0.1) is 18.4 Å². The predicted octanol–water partition coefficient (Wildman–Crippen LogP) is 2.15. The molecular weight excluding hydrogens is 304 g/mol. The highest BCUT2D eigenvalue weighted by atomic mass is 16.5. The van der Waals surface area contributed by atoms with Gasteiger partial charge in [-0.05, 0) is 31.0 Å². The summed E-state index contributed by atoms with van der Waals surface area (Å²) < 4.78 is 7.17. The van der Waals surface area contributed by atoms with Crippen molar-refractivity contribution in [3.05, 3.63) is 41.1 Å². The Balaban J connectivity index is 1.64. The molecule has 128 valence electrons. The maximum atomic E-state index is 11.9. The molecule has 6 nitrogen and oxygen atoms in total. The molecule has 0 atom stereocenters. The van der Waals surface area contributed by atoms with Crippen LogP contribution in [0.15, 0.2) is 24.3 Å². The summed E-state index contributed by atoms with van der Waals surface area (Å²) in [6, 6.07) is 8.17. The van der Waals surface area contributed by atoms with Gasteiger partial charge < -0.3 is 15.0 Å². The molecular formula is C18H24N4O2. The average molecular weight is 328 g/mol. The van der Waals surface area contributed by atoms with Crippen LogP contribution in [0, 0.1) is 6.92 Å². The third-order valence-corrected chi connectivity index (χ3v) is 4.41. The van der Waals surface area contributed by atoms with Crippen LogP contribution in [0.25, 0.3) is 0 Å². The number of nitrogens with one attached hydrogen (secondary N) is 1. The average Bonchev–Trinajstić information content (AvgIpc) is 3.11. The largest absolute Gasteiger partial charge is 0.481 e. The van der Waals surface area contributed by atoms with Crippen LogP contribution in [0.1, 0.15) is 29.7 Å². The third kappa shape index (κ3) is 3.28. The zero-order valence-electron chi connectivity index (χ0n) is 14.5. The van der Waals surface area contributed by atoms with Crippen LogP contribution in [-0.4, -0.2) is 29.3 Å². The molecule has 1 aliphatic heterocycles. The first-order valence-corrected chi connectivity index (χ1v) is 8.26. The van der Waals surface area contributed by atoms with E-state index < -0.39 is 0 Å². The quantitative estimate of drug-likeness (QED) is 0.883. The SMILES string of the molecule is COc1c(CNCc2cccc(N3CCCC3=O)c2)c(C)nn1C. The van der Waals surface area contributed by atoms with Crippen LogP contribution < -0.4 is 15.0 Å². The van der Waals surface area contributed by atoms with Gasteiger partial charge >= 0.3 is 0 Å². The highest BCUT2D eigenvalue weighted by Crippen LogP contribution is 2.23. The normalized spacial score (nSPS) is 14.5. The minimum atomic E-state index is 0.218. The molecule has 0 aliphatic carbocycles. The number of nitrogens with zero attached hydrogens (tertiary/aromatic N) is 3. The zero-order valence-corrected chi connectivity index (χ0v) is 14.5. The fraction of sp³-hybridized carbons (Fsp3) is 0.444. The van der Waals surface area contributed by atoms with Gasteiger partial charge in [-0.1, -0.05) is 12.1 Å². The summed E-state index contributed by atoms with van der Waals surface area (Å²) in [6.07, 6.45) is 1.60. The predicted molar refractivity (Wildman–Crippen MR) is 93.1 cm³/mol. The van der Waals surface area contributed by atoms with Gasteiger partial charge in [0.1, 0.15) is 0 Å². The molecule has 6 heteroatoms. The third-order valence-electron chi connectivity index (χ3n) is 4.41. The molecule has 1 amide bonds. The lowest BCUT2D eigenvalue weighted by Crippen LogP contribution is -2.24. The van der Waals surface area contributed by atoms with Crippen molar-refractivity contribution in [1.29, 1.82) is 0 Å². The van der Waals surface area contributed by atoms with Gasteiger partial charge in [0.2, 0.25) is 11.8 Å². The Morgan fingerprint density at radius 3 is 2.88 bits per heavy atom.